The quantitative estimate of drug-likeness (QED) is 0.324. The number of epoxide rings is 1. The van der Waals surface area contributed by atoms with Gasteiger partial charge in [0.05, 0.1) is 12.2 Å². The first-order valence-electron chi connectivity index (χ1n) is 14.6. The number of carbonyl (C=O) groups is 1. The Morgan fingerprint density at radius 2 is 1.89 bits per heavy atom. The zero-order chi connectivity index (χ0) is 26.7. The molecule has 210 valence electrons. The van der Waals surface area contributed by atoms with Crippen molar-refractivity contribution >= 4 is 5.97 Å². The van der Waals surface area contributed by atoms with Crippen molar-refractivity contribution in [2.24, 2.45) is 22.7 Å². The first-order valence-corrected chi connectivity index (χ1v) is 14.6. The van der Waals surface area contributed by atoms with Crippen molar-refractivity contribution in [3.63, 3.8) is 0 Å². The van der Waals surface area contributed by atoms with Crippen LogP contribution in [0.15, 0.2) is 23.3 Å². The topological polar surface area (TPSA) is 107 Å². The Morgan fingerprint density at radius 1 is 1.08 bits per heavy atom. The summed E-state index contributed by atoms with van der Waals surface area (Å²) in [6.45, 7) is 7.02. The molecule has 0 bridgehead atoms. The largest absolute Gasteiger partial charge is 0.458 e. The third-order valence-corrected chi connectivity index (χ3v) is 12.1. The van der Waals surface area contributed by atoms with Gasteiger partial charge < -0.3 is 33.9 Å². The number of hydrogen-bond acceptors (Lipinski definition) is 8. The fourth-order valence-electron chi connectivity index (χ4n) is 10.0. The number of ether oxygens (including phenoxy) is 5. The zero-order valence-electron chi connectivity index (χ0n) is 23.0. The number of fused-ring (bicyclic) bond motifs is 2. The Kier molecular flexibility index (Phi) is 5.65. The van der Waals surface area contributed by atoms with Crippen LogP contribution in [-0.4, -0.2) is 77.9 Å². The Hall–Kier alpha value is -1.29. The molecule has 2 N–H and O–H groups in total. The smallest absolute Gasteiger partial charge is 0.331 e. The molecule has 6 unspecified atom stereocenters. The molecule has 12 atom stereocenters. The number of methoxy groups -OCH3 is 1. The van der Waals surface area contributed by atoms with Gasteiger partial charge in [-0.1, -0.05) is 19.9 Å². The van der Waals surface area contributed by atoms with Crippen LogP contribution in [0.4, 0.5) is 0 Å². The number of rotatable bonds is 4. The lowest BCUT2D eigenvalue weighted by Crippen LogP contribution is -2.60. The molecule has 7 rings (SSSR count). The van der Waals surface area contributed by atoms with Crippen molar-refractivity contribution in [2.45, 2.75) is 120 Å². The molecule has 3 saturated carbocycles. The summed E-state index contributed by atoms with van der Waals surface area (Å²) < 4.78 is 29.9. The highest BCUT2D eigenvalue weighted by Crippen LogP contribution is 2.80. The Bertz CT molecular complexity index is 1090. The molecule has 0 amide bonds. The van der Waals surface area contributed by atoms with E-state index >= 15 is 0 Å². The van der Waals surface area contributed by atoms with Crippen molar-refractivity contribution in [1.82, 2.24) is 0 Å². The van der Waals surface area contributed by atoms with Gasteiger partial charge in [-0.3, -0.25) is 0 Å². The third-order valence-electron chi connectivity index (χ3n) is 12.1. The molecule has 4 aliphatic carbocycles. The fourth-order valence-corrected chi connectivity index (χ4v) is 10.0. The van der Waals surface area contributed by atoms with Gasteiger partial charge in [-0.2, -0.15) is 0 Å². The number of aliphatic hydroxyl groups is 2. The molecule has 8 heteroatoms. The van der Waals surface area contributed by atoms with Crippen molar-refractivity contribution < 1.29 is 38.7 Å². The van der Waals surface area contributed by atoms with Gasteiger partial charge in [0, 0.05) is 24.2 Å². The fraction of sp³-hybridized carbons (Fsp3) is 0.833. The van der Waals surface area contributed by atoms with Crippen LogP contribution in [0.1, 0.15) is 72.1 Å². The first kappa shape index (κ1) is 25.7. The van der Waals surface area contributed by atoms with Crippen molar-refractivity contribution in [2.75, 3.05) is 13.7 Å². The molecule has 38 heavy (non-hydrogen) atoms. The maximum absolute atomic E-state index is 11.8. The SMILES string of the molecule is COC1C(O)C(C)OC(OC2CC[C@@]3(C)[C@H](CC[C@@]45O[C@@]46CC=C(C4=CC(=O)OC4)[C@@]6(C)CC[C@H]35)C2)C1O. The van der Waals surface area contributed by atoms with E-state index in [2.05, 4.69) is 19.9 Å². The van der Waals surface area contributed by atoms with Gasteiger partial charge >= 0.3 is 5.97 Å². The zero-order valence-corrected chi connectivity index (χ0v) is 23.0. The summed E-state index contributed by atoms with van der Waals surface area (Å²) in [5, 5.41) is 21.1. The lowest BCUT2D eigenvalue weighted by Gasteiger charge is -2.58. The third kappa shape index (κ3) is 3.16. The Balaban J connectivity index is 1.07. The van der Waals surface area contributed by atoms with E-state index in [9.17, 15) is 15.0 Å². The van der Waals surface area contributed by atoms with Gasteiger partial charge in [-0.15, -0.1) is 0 Å². The maximum atomic E-state index is 11.8. The van der Waals surface area contributed by atoms with Gasteiger partial charge in [0.15, 0.2) is 6.29 Å². The predicted molar refractivity (Wildman–Crippen MR) is 136 cm³/mol. The van der Waals surface area contributed by atoms with Gasteiger partial charge in [-0.05, 0) is 81.1 Å². The van der Waals surface area contributed by atoms with Crippen molar-refractivity contribution in [3.8, 4) is 0 Å². The lowest BCUT2D eigenvalue weighted by molar-refractivity contribution is -0.312. The van der Waals surface area contributed by atoms with Crippen LogP contribution < -0.4 is 0 Å². The van der Waals surface area contributed by atoms with Crippen molar-refractivity contribution in [3.05, 3.63) is 23.3 Å². The van der Waals surface area contributed by atoms with E-state index in [-0.39, 0.29) is 34.1 Å². The van der Waals surface area contributed by atoms with Crippen LogP contribution in [0.3, 0.4) is 0 Å². The van der Waals surface area contributed by atoms with Gasteiger partial charge in [0.1, 0.15) is 36.1 Å². The maximum Gasteiger partial charge on any atom is 0.331 e. The van der Waals surface area contributed by atoms with E-state index in [0.29, 0.717) is 18.4 Å². The average Bonchev–Trinajstić information content (AvgIpc) is 3.20. The van der Waals surface area contributed by atoms with Gasteiger partial charge in [0.2, 0.25) is 0 Å². The molecule has 0 aromatic rings. The summed E-state index contributed by atoms with van der Waals surface area (Å²) in [6.07, 6.45) is 8.36. The lowest BCUT2D eigenvalue weighted by atomic mass is 9.44. The molecular weight excluding hydrogens is 488 g/mol. The van der Waals surface area contributed by atoms with Gasteiger partial charge in [-0.25, -0.2) is 4.79 Å². The van der Waals surface area contributed by atoms with E-state index in [1.165, 1.54) is 12.7 Å². The van der Waals surface area contributed by atoms with Crippen LogP contribution in [0.2, 0.25) is 0 Å². The number of cyclic esters (lactones) is 1. The van der Waals surface area contributed by atoms with E-state index in [1.54, 1.807) is 13.0 Å². The number of esters is 1. The second-order valence-electron chi connectivity index (χ2n) is 13.5. The molecule has 0 radical (unpaired) electrons. The van der Waals surface area contributed by atoms with E-state index in [0.717, 1.165) is 56.9 Å². The molecule has 0 aromatic heterocycles. The molecule has 7 aliphatic rings. The van der Waals surface area contributed by atoms with E-state index in [4.69, 9.17) is 23.7 Å². The van der Waals surface area contributed by atoms with Crippen LogP contribution in [0.5, 0.6) is 0 Å². The van der Waals surface area contributed by atoms with Crippen LogP contribution in [-0.2, 0) is 28.5 Å². The number of carbonyl (C=O) groups excluding carboxylic acids is 1. The molecule has 2 spiro atoms. The Morgan fingerprint density at radius 3 is 2.63 bits per heavy atom. The predicted octanol–water partition coefficient (Wildman–Crippen LogP) is 3.19. The normalized spacial score (nSPS) is 55.2. The van der Waals surface area contributed by atoms with Gasteiger partial charge in [0.25, 0.3) is 0 Å². The second kappa shape index (κ2) is 8.37. The molecule has 8 nitrogen and oxygen atoms in total. The highest BCUT2D eigenvalue weighted by Gasteiger charge is 2.85. The number of hydrogen-bond donors (Lipinski definition) is 2. The summed E-state index contributed by atoms with van der Waals surface area (Å²) in [5.41, 5.74) is 2.20. The molecular formula is C30H42O8. The number of aliphatic hydroxyl groups excluding tert-OH is 2. The Labute approximate surface area is 224 Å². The van der Waals surface area contributed by atoms with E-state index < -0.39 is 30.7 Å². The van der Waals surface area contributed by atoms with Crippen LogP contribution >= 0.6 is 0 Å². The minimum Gasteiger partial charge on any atom is -0.458 e. The van der Waals surface area contributed by atoms with Crippen LogP contribution in [0, 0.1) is 22.7 Å². The molecule has 5 fully saturated rings. The highest BCUT2D eigenvalue weighted by molar-refractivity contribution is 5.87. The standard InChI is InChI=1S/C30H42O8/c1-16-23(32)25(34-4)24(33)26(36-16)37-19-6-9-27(2)18(14-19)5-11-29-21(27)8-10-28(3)20(7-12-30(28,29)38-29)17-13-22(31)35-15-17/h7,13,16,18-19,21,23-26,32-33H,5-6,8-12,14-15H2,1-4H3/t16?,18-,19?,21-,23?,24?,25?,26?,27+,28-,29+,30-/m1/s1. The molecule has 2 saturated heterocycles. The second-order valence-corrected chi connectivity index (χ2v) is 13.5. The first-order chi connectivity index (χ1) is 18.1. The summed E-state index contributed by atoms with van der Waals surface area (Å²) in [6, 6.07) is 0. The highest BCUT2D eigenvalue weighted by atomic mass is 16.7. The monoisotopic (exact) mass is 530 g/mol. The average molecular weight is 531 g/mol. The summed E-state index contributed by atoms with van der Waals surface area (Å²) in [5.74, 6) is 0.810. The summed E-state index contributed by atoms with van der Waals surface area (Å²) >= 11 is 0. The summed E-state index contributed by atoms with van der Waals surface area (Å²) in [7, 11) is 1.50. The van der Waals surface area contributed by atoms with Crippen molar-refractivity contribution in [1.29, 1.82) is 0 Å². The minimum absolute atomic E-state index is 0.0104. The minimum atomic E-state index is -1.02. The molecule has 3 aliphatic heterocycles. The van der Waals surface area contributed by atoms with E-state index in [1.807, 2.05) is 0 Å². The molecule has 3 heterocycles. The van der Waals surface area contributed by atoms with Crippen LogP contribution in [0.25, 0.3) is 0 Å². The summed E-state index contributed by atoms with van der Waals surface area (Å²) in [4.78, 5) is 11.8. The molecule has 0 aromatic carbocycles.